The molecule has 0 saturated carbocycles. The summed E-state index contributed by atoms with van der Waals surface area (Å²) >= 11 is 0. The second-order valence-corrected chi connectivity index (χ2v) is 7.92. The quantitative estimate of drug-likeness (QED) is 0.549. The van der Waals surface area contributed by atoms with Crippen molar-refractivity contribution in [1.82, 2.24) is 29.9 Å². The zero-order valence-electron chi connectivity index (χ0n) is 16.8. The van der Waals surface area contributed by atoms with Crippen LogP contribution in [0.25, 0.3) is 33.5 Å². The molecule has 4 aromatic rings. The van der Waals surface area contributed by atoms with Crippen LogP contribution >= 0.6 is 0 Å². The van der Waals surface area contributed by atoms with Gasteiger partial charge in [0.2, 0.25) is 0 Å². The third-order valence-corrected chi connectivity index (χ3v) is 5.93. The molecular weight excluding hydrogens is 374 g/mol. The van der Waals surface area contributed by atoms with Crippen LogP contribution in [0.5, 0.6) is 0 Å². The Balaban J connectivity index is 1.43. The molecule has 6 rings (SSSR count). The number of aromatic amines is 1. The van der Waals surface area contributed by atoms with Crippen molar-refractivity contribution < 1.29 is 0 Å². The number of aromatic nitrogens is 6. The minimum Gasteiger partial charge on any atom is -0.350 e. The molecule has 7 nitrogen and oxygen atoms in total. The van der Waals surface area contributed by atoms with Gasteiger partial charge in [-0.05, 0) is 55.5 Å². The van der Waals surface area contributed by atoms with Crippen LogP contribution in [-0.4, -0.2) is 43.0 Å². The summed E-state index contributed by atoms with van der Waals surface area (Å²) in [6, 6.07) is 6.06. The van der Waals surface area contributed by atoms with E-state index in [1.165, 1.54) is 11.1 Å². The number of rotatable bonds is 2. The van der Waals surface area contributed by atoms with Gasteiger partial charge < -0.3 is 9.88 Å². The number of anilines is 1. The highest BCUT2D eigenvalue weighted by Crippen LogP contribution is 2.32. The molecule has 2 aliphatic rings. The van der Waals surface area contributed by atoms with Crippen molar-refractivity contribution in [1.29, 1.82) is 0 Å². The van der Waals surface area contributed by atoms with Crippen LogP contribution in [0.3, 0.4) is 0 Å². The summed E-state index contributed by atoms with van der Waals surface area (Å²) in [5, 5.41) is 0. The first-order valence-corrected chi connectivity index (χ1v) is 10.3. The Morgan fingerprint density at radius 3 is 3.00 bits per heavy atom. The minimum absolute atomic E-state index is 0.722. The Bertz CT molecular complexity index is 1350. The summed E-state index contributed by atoms with van der Waals surface area (Å²) < 4.78 is 0. The van der Waals surface area contributed by atoms with E-state index in [0.29, 0.717) is 0 Å². The Labute approximate surface area is 173 Å². The zero-order valence-corrected chi connectivity index (χ0v) is 16.8. The van der Waals surface area contributed by atoms with Crippen molar-refractivity contribution in [2.75, 3.05) is 18.0 Å². The van der Waals surface area contributed by atoms with Crippen molar-refractivity contribution in [3.63, 3.8) is 0 Å². The van der Waals surface area contributed by atoms with Gasteiger partial charge in [-0.2, -0.15) is 0 Å². The zero-order chi connectivity index (χ0) is 20.1. The van der Waals surface area contributed by atoms with E-state index in [0.717, 1.165) is 77.4 Å². The van der Waals surface area contributed by atoms with Gasteiger partial charge in [-0.1, -0.05) is 12.2 Å². The molecule has 0 spiro atoms. The lowest BCUT2D eigenvalue weighted by Crippen LogP contribution is -2.33. The van der Waals surface area contributed by atoms with Gasteiger partial charge >= 0.3 is 0 Å². The number of hydrogen-bond donors (Lipinski definition) is 1. The lowest BCUT2D eigenvalue weighted by Gasteiger charge is -2.32. The Morgan fingerprint density at radius 2 is 2.03 bits per heavy atom. The van der Waals surface area contributed by atoms with Crippen molar-refractivity contribution in [3.05, 3.63) is 59.8 Å². The Kier molecular flexibility index (Phi) is 3.87. The van der Waals surface area contributed by atoms with Gasteiger partial charge in [-0.3, -0.25) is 0 Å². The highest BCUT2D eigenvalue weighted by molar-refractivity contribution is 5.88. The number of fused-ring (bicyclic) bond motifs is 2. The molecule has 5 heterocycles. The van der Waals surface area contributed by atoms with Gasteiger partial charge in [0.1, 0.15) is 17.7 Å². The first-order valence-electron chi connectivity index (χ1n) is 10.3. The third-order valence-electron chi connectivity index (χ3n) is 5.93. The van der Waals surface area contributed by atoms with Crippen LogP contribution in [-0.2, 0) is 0 Å². The number of aryl methyl sites for hydroxylation is 1. The van der Waals surface area contributed by atoms with E-state index in [9.17, 15) is 0 Å². The SMILES string of the molecule is Cc1nc2ncc(-c3ccc4ncnc(N5CCC6=C(CCC=C6)C5)c4n3)cc2[nH]1. The molecule has 0 fully saturated rings. The number of hydrogen-bond acceptors (Lipinski definition) is 6. The minimum atomic E-state index is 0.722. The number of H-pyrrole nitrogens is 1. The predicted molar refractivity (Wildman–Crippen MR) is 117 cm³/mol. The molecule has 0 aromatic carbocycles. The maximum atomic E-state index is 4.97. The van der Waals surface area contributed by atoms with Gasteiger partial charge in [0.15, 0.2) is 11.5 Å². The van der Waals surface area contributed by atoms with Crippen molar-refractivity contribution in [2.45, 2.75) is 26.2 Å². The van der Waals surface area contributed by atoms with E-state index in [-0.39, 0.29) is 0 Å². The standard InChI is InChI=1S/C23H21N7/c1-14-27-20-10-17(11-24-22(20)28-14)18-6-7-19-21(29-18)23(26-13-25-19)30-9-8-15-4-2-3-5-16(15)12-30/h2,4,6-7,10-11,13H,3,5,8-9,12H2,1H3,(H,24,27,28). The van der Waals surface area contributed by atoms with Gasteiger partial charge in [0, 0.05) is 24.8 Å². The van der Waals surface area contributed by atoms with Gasteiger partial charge in [0.25, 0.3) is 0 Å². The first-order chi connectivity index (χ1) is 14.7. The van der Waals surface area contributed by atoms with E-state index in [4.69, 9.17) is 4.98 Å². The third kappa shape index (κ3) is 2.85. The summed E-state index contributed by atoms with van der Waals surface area (Å²) in [6.45, 7) is 3.79. The average Bonchev–Trinajstić information content (AvgIpc) is 3.17. The highest BCUT2D eigenvalue weighted by Gasteiger charge is 2.22. The first kappa shape index (κ1) is 17.3. The Hall–Kier alpha value is -3.61. The van der Waals surface area contributed by atoms with Crippen molar-refractivity contribution in [3.8, 4) is 11.3 Å². The topological polar surface area (TPSA) is 83.5 Å². The summed E-state index contributed by atoms with van der Waals surface area (Å²) in [7, 11) is 0. The van der Waals surface area contributed by atoms with Crippen LogP contribution in [0.2, 0.25) is 0 Å². The summed E-state index contributed by atoms with van der Waals surface area (Å²) in [6.07, 6.45) is 11.4. The number of allylic oxidation sites excluding steroid dienone is 2. The molecule has 0 amide bonds. The predicted octanol–water partition coefficient (Wildman–Crippen LogP) is 4.13. The van der Waals surface area contributed by atoms with Crippen LogP contribution in [0.4, 0.5) is 5.82 Å². The van der Waals surface area contributed by atoms with Crippen LogP contribution in [0.15, 0.2) is 54.0 Å². The van der Waals surface area contributed by atoms with Crippen LogP contribution in [0, 0.1) is 6.92 Å². The van der Waals surface area contributed by atoms with E-state index < -0.39 is 0 Å². The smallest absolute Gasteiger partial charge is 0.177 e. The molecule has 1 aliphatic heterocycles. The second kappa shape index (κ2) is 6.73. The molecule has 0 atom stereocenters. The summed E-state index contributed by atoms with van der Waals surface area (Å²) in [5.74, 6) is 1.77. The fraction of sp³-hybridized carbons (Fsp3) is 0.261. The Morgan fingerprint density at radius 1 is 1.07 bits per heavy atom. The summed E-state index contributed by atoms with van der Waals surface area (Å²) in [5.41, 5.74) is 8.17. The molecule has 1 aliphatic carbocycles. The summed E-state index contributed by atoms with van der Waals surface area (Å²) in [4.78, 5) is 28.5. The van der Waals surface area contributed by atoms with E-state index in [1.807, 2.05) is 31.3 Å². The monoisotopic (exact) mass is 395 g/mol. The van der Waals surface area contributed by atoms with Gasteiger partial charge in [-0.25, -0.2) is 24.9 Å². The molecular formula is C23H21N7. The number of imidazole rings is 1. The molecule has 1 N–H and O–H groups in total. The van der Waals surface area contributed by atoms with Gasteiger partial charge in [-0.15, -0.1) is 0 Å². The van der Waals surface area contributed by atoms with E-state index >= 15 is 0 Å². The number of pyridine rings is 2. The largest absolute Gasteiger partial charge is 0.350 e. The molecule has 4 aromatic heterocycles. The van der Waals surface area contributed by atoms with Crippen molar-refractivity contribution in [2.24, 2.45) is 0 Å². The van der Waals surface area contributed by atoms with E-state index in [2.05, 4.69) is 42.0 Å². The number of nitrogens with zero attached hydrogens (tertiary/aromatic N) is 6. The van der Waals surface area contributed by atoms with Crippen LogP contribution < -0.4 is 4.90 Å². The molecule has 0 radical (unpaired) electrons. The second-order valence-electron chi connectivity index (χ2n) is 7.92. The molecule has 0 unspecified atom stereocenters. The van der Waals surface area contributed by atoms with Gasteiger partial charge in [0.05, 0.1) is 16.7 Å². The van der Waals surface area contributed by atoms with Crippen LogP contribution in [0.1, 0.15) is 25.1 Å². The lowest BCUT2D eigenvalue weighted by molar-refractivity contribution is 0.719. The fourth-order valence-corrected chi connectivity index (χ4v) is 4.43. The number of nitrogens with one attached hydrogen (secondary N) is 1. The molecule has 7 heteroatoms. The van der Waals surface area contributed by atoms with Crippen molar-refractivity contribution >= 4 is 28.0 Å². The lowest BCUT2D eigenvalue weighted by atomic mass is 9.92. The molecule has 0 saturated heterocycles. The molecule has 0 bridgehead atoms. The van der Waals surface area contributed by atoms with E-state index in [1.54, 1.807) is 6.33 Å². The normalized spacial score (nSPS) is 16.5. The fourth-order valence-electron chi connectivity index (χ4n) is 4.43. The average molecular weight is 395 g/mol. The maximum absolute atomic E-state index is 4.97. The highest BCUT2D eigenvalue weighted by atomic mass is 15.2. The molecule has 30 heavy (non-hydrogen) atoms. The molecule has 148 valence electrons. The maximum Gasteiger partial charge on any atom is 0.177 e.